The van der Waals surface area contributed by atoms with Gasteiger partial charge in [0.05, 0.1) is 0 Å². The second kappa shape index (κ2) is 13.0. The Morgan fingerprint density at radius 1 is 0.750 bits per heavy atom. The van der Waals surface area contributed by atoms with Crippen LogP contribution in [0.3, 0.4) is 0 Å². The summed E-state index contributed by atoms with van der Waals surface area (Å²) in [5.41, 5.74) is 5.47. The summed E-state index contributed by atoms with van der Waals surface area (Å²) in [7, 11) is 2.25. The maximum Gasteiger partial charge on any atom is -0.00218 e. The van der Waals surface area contributed by atoms with Crippen molar-refractivity contribution in [3.05, 3.63) is 0 Å². The van der Waals surface area contributed by atoms with Crippen molar-refractivity contribution in [3.8, 4) is 0 Å². The number of unbranched alkanes of at least 4 members (excludes halogenated alkanes) is 7. The van der Waals surface area contributed by atoms with Gasteiger partial charge >= 0.3 is 0 Å². The summed E-state index contributed by atoms with van der Waals surface area (Å²) in [6, 6.07) is 0. The van der Waals surface area contributed by atoms with Crippen molar-refractivity contribution in [3.63, 3.8) is 0 Å². The monoisotopic (exact) mass is 228 g/mol. The van der Waals surface area contributed by atoms with E-state index in [1.807, 2.05) is 0 Å². The van der Waals surface area contributed by atoms with Crippen LogP contribution in [0, 0.1) is 0 Å². The Kier molecular flexibility index (Phi) is 12.9. The van der Waals surface area contributed by atoms with Crippen molar-refractivity contribution >= 4 is 0 Å². The molecule has 2 heteroatoms. The smallest absolute Gasteiger partial charge is 0.00218 e. The van der Waals surface area contributed by atoms with Crippen molar-refractivity contribution in [2.24, 2.45) is 5.73 Å². The summed E-state index contributed by atoms with van der Waals surface area (Å²) >= 11 is 0. The lowest BCUT2D eigenvalue weighted by Gasteiger charge is -2.16. The van der Waals surface area contributed by atoms with Gasteiger partial charge in [0, 0.05) is 0 Å². The Morgan fingerprint density at radius 2 is 1.25 bits per heavy atom. The number of hydrogen-bond acceptors (Lipinski definition) is 2. The minimum absolute atomic E-state index is 0.854. The molecule has 0 fully saturated rings. The Labute approximate surface area is 103 Å². The minimum Gasteiger partial charge on any atom is -0.330 e. The van der Waals surface area contributed by atoms with Crippen LogP contribution in [0.25, 0.3) is 0 Å². The molecule has 0 saturated heterocycles. The zero-order valence-corrected chi connectivity index (χ0v) is 11.5. The van der Waals surface area contributed by atoms with E-state index in [0.717, 1.165) is 6.54 Å². The maximum atomic E-state index is 5.47. The van der Waals surface area contributed by atoms with Crippen molar-refractivity contribution in [2.75, 3.05) is 26.7 Å². The van der Waals surface area contributed by atoms with Gasteiger partial charge in [0.15, 0.2) is 0 Å². The van der Waals surface area contributed by atoms with E-state index in [9.17, 15) is 0 Å². The molecule has 0 radical (unpaired) electrons. The Morgan fingerprint density at radius 3 is 1.75 bits per heavy atom. The van der Waals surface area contributed by atoms with Gasteiger partial charge in [0.1, 0.15) is 0 Å². The lowest BCUT2D eigenvalue weighted by atomic mass is 10.1. The van der Waals surface area contributed by atoms with E-state index in [2.05, 4.69) is 18.9 Å². The average Bonchev–Trinajstić information content (AvgIpc) is 2.28. The first-order chi connectivity index (χ1) is 7.81. The van der Waals surface area contributed by atoms with Gasteiger partial charge in [-0.3, -0.25) is 0 Å². The SMILES string of the molecule is CCCCCCCN(C)CCCCCCN. The number of hydrogen-bond donors (Lipinski definition) is 1. The van der Waals surface area contributed by atoms with Crippen LogP contribution in [0.5, 0.6) is 0 Å². The first-order valence-corrected chi connectivity index (χ1v) is 7.20. The predicted molar refractivity (Wildman–Crippen MR) is 73.8 cm³/mol. The quantitative estimate of drug-likeness (QED) is 0.519. The third kappa shape index (κ3) is 12.0. The molecule has 0 heterocycles. The van der Waals surface area contributed by atoms with Gasteiger partial charge < -0.3 is 10.6 Å². The van der Waals surface area contributed by atoms with E-state index in [1.54, 1.807) is 0 Å². The largest absolute Gasteiger partial charge is 0.330 e. The summed E-state index contributed by atoms with van der Waals surface area (Å²) in [6.45, 7) is 5.67. The van der Waals surface area contributed by atoms with Gasteiger partial charge in [-0.2, -0.15) is 0 Å². The average molecular weight is 228 g/mol. The van der Waals surface area contributed by atoms with E-state index in [4.69, 9.17) is 5.73 Å². The third-order valence-electron chi connectivity index (χ3n) is 3.14. The van der Waals surface area contributed by atoms with Crippen LogP contribution < -0.4 is 5.73 Å². The standard InChI is InChI=1S/C14H32N2/c1-3-4-5-7-10-13-16(2)14-11-8-6-9-12-15/h3-15H2,1-2H3. The normalized spacial score (nSPS) is 11.2. The highest BCUT2D eigenvalue weighted by molar-refractivity contribution is 4.53. The molecule has 0 aromatic rings. The van der Waals surface area contributed by atoms with Crippen molar-refractivity contribution in [1.82, 2.24) is 4.90 Å². The van der Waals surface area contributed by atoms with Gasteiger partial charge in [-0.25, -0.2) is 0 Å². The fraction of sp³-hybridized carbons (Fsp3) is 1.00. The van der Waals surface area contributed by atoms with Crippen LogP contribution in [0.4, 0.5) is 0 Å². The molecule has 98 valence electrons. The van der Waals surface area contributed by atoms with E-state index in [-0.39, 0.29) is 0 Å². The molecule has 0 aliphatic rings. The second-order valence-corrected chi connectivity index (χ2v) is 4.92. The lowest BCUT2D eigenvalue weighted by Crippen LogP contribution is -2.20. The van der Waals surface area contributed by atoms with Crippen LogP contribution in [0.1, 0.15) is 64.7 Å². The zero-order chi connectivity index (χ0) is 12.1. The second-order valence-electron chi connectivity index (χ2n) is 4.92. The molecule has 0 saturated carbocycles. The molecule has 2 N–H and O–H groups in total. The summed E-state index contributed by atoms with van der Waals surface area (Å²) in [6.07, 6.45) is 12.1. The van der Waals surface area contributed by atoms with Gasteiger partial charge in [0.2, 0.25) is 0 Å². The molecular weight excluding hydrogens is 196 g/mol. The highest BCUT2D eigenvalue weighted by Crippen LogP contribution is 2.04. The first-order valence-electron chi connectivity index (χ1n) is 7.20. The van der Waals surface area contributed by atoms with E-state index < -0.39 is 0 Å². The van der Waals surface area contributed by atoms with Crippen LogP contribution in [-0.4, -0.2) is 31.6 Å². The van der Waals surface area contributed by atoms with Gasteiger partial charge in [-0.1, -0.05) is 45.4 Å². The Hall–Kier alpha value is -0.0800. The highest BCUT2D eigenvalue weighted by atomic mass is 15.1. The van der Waals surface area contributed by atoms with E-state index in [1.165, 1.54) is 70.9 Å². The summed E-state index contributed by atoms with van der Waals surface area (Å²) in [5.74, 6) is 0. The summed E-state index contributed by atoms with van der Waals surface area (Å²) in [5, 5.41) is 0. The topological polar surface area (TPSA) is 29.3 Å². The molecular formula is C14H32N2. The molecule has 0 rings (SSSR count). The van der Waals surface area contributed by atoms with Crippen molar-refractivity contribution in [2.45, 2.75) is 64.7 Å². The van der Waals surface area contributed by atoms with Crippen LogP contribution >= 0.6 is 0 Å². The molecule has 16 heavy (non-hydrogen) atoms. The molecule has 0 unspecified atom stereocenters. The number of nitrogens with zero attached hydrogens (tertiary/aromatic N) is 1. The fourth-order valence-corrected chi connectivity index (χ4v) is 1.98. The minimum atomic E-state index is 0.854. The zero-order valence-electron chi connectivity index (χ0n) is 11.5. The van der Waals surface area contributed by atoms with Crippen LogP contribution in [0.15, 0.2) is 0 Å². The molecule has 2 nitrogen and oxygen atoms in total. The van der Waals surface area contributed by atoms with E-state index in [0.29, 0.717) is 0 Å². The maximum absolute atomic E-state index is 5.47. The summed E-state index contributed by atoms with van der Waals surface area (Å²) in [4.78, 5) is 2.48. The Balaban J connectivity index is 3.09. The fourth-order valence-electron chi connectivity index (χ4n) is 1.98. The highest BCUT2D eigenvalue weighted by Gasteiger charge is 1.97. The third-order valence-corrected chi connectivity index (χ3v) is 3.14. The van der Waals surface area contributed by atoms with Gasteiger partial charge in [-0.15, -0.1) is 0 Å². The molecule has 0 aliphatic carbocycles. The van der Waals surface area contributed by atoms with Crippen molar-refractivity contribution in [1.29, 1.82) is 0 Å². The molecule has 0 spiro atoms. The number of nitrogens with two attached hydrogens (primary N) is 1. The first kappa shape index (κ1) is 15.9. The molecule has 0 aliphatic heterocycles. The Bertz CT molecular complexity index is 112. The molecule has 0 aromatic heterocycles. The number of rotatable bonds is 12. The lowest BCUT2D eigenvalue weighted by molar-refractivity contribution is 0.315. The van der Waals surface area contributed by atoms with Crippen LogP contribution in [0.2, 0.25) is 0 Å². The molecule has 0 bridgehead atoms. The molecule has 0 amide bonds. The van der Waals surface area contributed by atoms with Gasteiger partial charge in [0.25, 0.3) is 0 Å². The molecule has 0 atom stereocenters. The predicted octanol–water partition coefficient (Wildman–Crippen LogP) is 3.41. The van der Waals surface area contributed by atoms with Crippen molar-refractivity contribution < 1.29 is 0 Å². The summed E-state index contributed by atoms with van der Waals surface area (Å²) < 4.78 is 0. The molecule has 0 aromatic carbocycles. The van der Waals surface area contributed by atoms with Crippen LogP contribution in [-0.2, 0) is 0 Å². The van der Waals surface area contributed by atoms with E-state index >= 15 is 0 Å². The van der Waals surface area contributed by atoms with Gasteiger partial charge in [-0.05, 0) is 45.9 Å².